The number of hydrogen-bond donors (Lipinski definition) is 2. The summed E-state index contributed by atoms with van der Waals surface area (Å²) < 4.78 is 4.63. The number of nitrogens with one attached hydrogen (secondary N) is 2. The highest BCUT2D eigenvalue weighted by atomic mass is 79.9. The second-order valence-electron chi connectivity index (χ2n) is 10.8. The van der Waals surface area contributed by atoms with Gasteiger partial charge in [0, 0.05) is 73.8 Å². The molecule has 8 rings (SSSR count). The van der Waals surface area contributed by atoms with Crippen molar-refractivity contribution in [3.63, 3.8) is 0 Å². The molecule has 6 aromatic heterocycles. The molecule has 0 aliphatic heterocycles. The van der Waals surface area contributed by atoms with Gasteiger partial charge in [0.2, 0.25) is 0 Å². The summed E-state index contributed by atoms with van der Waals surface area (Å²) in [5, 5.41) is 16.3. The van der Waals surface area contributed by atoms with E-state index < -0.39 is 0 Å². The molecule has 0 saturated carbocycles. The number of hydrogen-bond acceptors (Lipinski definition) is 9. The van der Waals surface area contributed by atoms with Gasteiger partial charge in [-0.25, -0.2) is 19.9 Å². The smallest absolute Gasteiger partial charge is 0.181 e. The number of pyridine rings is 2. The maximum absolute atomic E-state index is 9.63. The van der Waals surface area contributed by atoms with E-state index in [1.54, 1.807) is 41.6 Å². The molecule has 12 heteroatoms. The first-order valence-corrected chi connectivity index (χ1v) is 16.1. The zero-order valence-electron chi connectivity index (χ0n) is 26.0. The van der Waals surface area contributed by atoms with Gasteiger partial charge in [-0.1, -0.05) is 72.8 Å². The van der Waals surface area contributed by atoms with Crippen LogP contribution in [0, 0.1) is 11.3 Å². The number of anilines is 2. The van der Waals surface area contributed by atoms with Crippen LogP contribution in [0.25, 0.3) is 33.8 Å². The Morgan fingerprint density at radius 2 is 1.12 bits per heavy atom. The van der Waals surface area contributed by atoms with Crippen LogP contribution < -0.4 is 10.6 Å². The molecule has 0 bridgehead atoms. The summed E-state index contributed by atoms with van der Waals surface area (Å²) in [6.07, 6.45) is 14.3. The number of nitriles is 1. The Hall–Kier alpha value is -6.45. The number of rotatable bonds is 8. The highest BCUT2D eigenvalue weighted by molar-refractivity contribution is 9.10. The van der Waals surface area contributed by atoms with Crippen LogP contribution in [0.5, 0.6) is 0 Å². The van der Waals surface area contributed by atoms with Gasteiger partial charge in [0.05, 0.1) is 0 Å². The minimum atomic E-state index is 0.464. The predicted octanol–water partition coefficient (Wildman–Crippen LogP) is 7.44. The van der Waals surface area contributed by atoms with Gasteiger partial charge in [-0.2, -0.15) is 5.26 Å². The van der Waals surface area contributed by atoms with E-state index in [-0.39, 0.29) is 0 Å². The van der Waals surface area contributed by atoms with Gasteiger partial charge in [0.25, 0.3) is 0 Å². The normalized spacial score (nSPS) is 10.7. The molecule has 0 saturated heterocycles. The highest BCUT2D eigenvalue weighted by Gasteiger charge is 2.17. The molecule has 0 aliphatic rings. The van der Waals surface area contributed by atoms with E-state index >= 15 is 0 Å². The quantitative estimate of drug-likeness (QED) is 0.165. The molecule has 0 radical (unpaired) electrons. The van der Waals surface area contributed by atoms with Gasteiger partial charge < -0.3 is 10.6 Å². The van der Waals surface area contributed by atoms with Crippen molar-refractivity contribution in [2.75, 3.05) is 10.6 Å². The molecule has 0 aliphatic carbocycles. The van der Waals surface area contributed by atoms with Crippen LogP contribution in [0.2, 0.25) is 0 Å². The monoisotopic (exact) mass is 705 g/mol. The van der Waals surface area contributed by atoms with Crippen molar-refractivity contribution in [2.45, 2.75) is 13.1 Å². The lowest BCUT2D eigenvalue weighted by Crippen LogP contribution is -2.07. The zero-order valence-corrected chi connectivity index (χ0v) is 27.6. The molecular weight excluding hydrogens is 678 g/mol. The summed E-state index contributed by atoms with van der Waals surface area (Å²) in [5.41, 5.74) is 7.43. The third-order valence-electron chi connectivity index (χ3n) is 7.59. The lowest BCUT2D eigenvalue weighted by molar-refractivity contribution is 1.05. The van der Waals surface area contributed by atoms with Crippen LogP contribution >= 0.6 is 15.9 Å². The van der Waals surface area contributed by atoms with Crippen LogP contribution in [-0.4, -0.2) is 38.7 Å². The SMILES string of the molecule is Brc1c(-c2ccccc2)nc(NCc2cccnc2)c2nccn12.N#Cc1c(-c2ccccc2)nc(NCc2cccnc2)c2nccn12. The Kier molecular flexibility index (Phi) is 9.25. The summed E-state index contributed by atoms with van der Waals surface area (Å²) in [7, 11) is 0. The lowest BCUT2D eigenvalue weighted by Gasteiger charge is -2.12. The van der Waals surface area contributed by atoms with Crippen molar-refractivity contribution in [1.29, 1.82) is 5.26 Å². The third-order valence-corrected chi connectivity index (χ3v) is 8.35. The summed E-state index contributed by atoms with van der Waals surface area (Å²) in [5.74, 6) is 1.37. The Balaban J connectivity index is 0.000000154. The molecule has 6 heterocycles. The molecule has 2 aromatic carbocycles. The minimum absolute atomic E-state index is 0.464. The number of imidazole rings is 2. The Labute approximate surface area is 290 Å². The van der Waals surface area contributed by atoms with Gasteiger partial charge in [-0.15, -0.1) is 0 Å². The maximum Gasteiger partial charge on any atom is 0.181 e. The van der Waals surface area contributed by atoms with Gasteiger partial charge in [-0.05, 0) is 39.2 Å². The Morgan fingerprint density at radius 1 is 0.612 bits per heavy atom. The summed E-state index contributed by atoms with van der Waals surface area (Å²) >= 11 is 3.65. The molecule has 11 nitrogen and oxygen atoms in total. The average molecular weight is 707 g/mol. The summed E-state index contributed by atoms with van der Waals surface area (Å²) in [4.78, 5) is 26.5. The molecule has 0 fully saturated rings. The summed E-state index contributed by atoms with van der Waals surface area (Å²) in [6.45, 7) is 1.21. The Morgan fingerprint density at radius 3 is 1.65 bits per heavy atom. The molecule has 0 spiro atoms. The van der Waals surface area contributed by atoms with E-state index in [0.717, 1.165) is 44.0 Å². The fourth-order valence-electron chi connectivity index (χ4n) is 5.24. The first-order valence-electron chi connectivity index (χ1n) is 15.4. The molecule has 49 heavy (non-hydrogen) atoms. The molecule has 0 amide bonds. The Bertz CT molecular complexity index is 2350. The first kappa shape index (κ1) is 31.2. The van der Waals surface area contributed by atoms with Crippen molar-refractivity contribution in [3.05, 3.63) is 156 Å². The van der Waals surface area contributed by atoms with Gasteiger partial charge in [0.15, 0.2) is 28.6 Å². The topological polar surface area (TPSA) is 134 Å². The number of halogens is 1. The second-order valence-corrected chi connectivity index (χ2v) is 11.5. The zero-order chi connectivity index (χ0) is 33.4. The highest BCUT2D eigenvalue weighted by Crippen LogP contribution is 2.30. The fraction of sp³-hybridized carbons (Fsp3) is 0.0541. The van der Waals surface area contributed by atoms with E-state index in [1.165, 1.54) is 0 Å². The first-order chi connectivity index (χ1) is 24.2. The van der Waals surface area contributed by atoms with Gasteiger partial charge >= 0.3 is 0 Å². The standard InChI is InChI=1S/C19H14N6.C18H14BrN5/c20-11-16-17(15-6-2-1-3-7-15)24-18(19-22-9-10-25(16)19)23-13-14-5-4-8-21-12-14;19-16-15(14-6-2-1-3-7-14)23-17(18-21-9-10-24(16)18)22-12-13-5-4-8-20-11-13/h1-10,12H,13H2,(H,23,24);1-11H,12H2,(H,22,23). The number of benzene rings is 2. The minimum Gasteiger partial charge on any atom is -0.363 e. The van der Waals surface area contributed by atoms with E-state index in [1.807, 2.05) is 102 Å². The van der Waals surface area contributed by atoms with Crippen LogP contribution in [-0.2, 0) is 13.1 Å². The van der Waals surface area contributed by atoms with Crippen LogP contribution in [0.1, 0.15) is 16.8 Å². The molecule has 0 unspecified atom stereocenters. The van der Waals surface area contributed by atoms with Gasteiger partial charge in [0.1, 0.15) is 22.1 Å². The molecule has 0 atom stereocenters. The number of aromatic nitrogens is 8. The largest absolute Gasteiger partial charge is 0.363 e. The van der Waals surface area contributed by atoms with Crippen molar-refractivity contribution < 1.29 is 0 Å². The number of fused-ring (bicyclic) bond motifs is 2. The average Bonchev–Trinajstić information content (AvgIpc) is 3.87. The lowest BCUT2D eigenvalue weighted by atomic mass is 10.1. The predicted molar refractivity (Wildman–Crippen MR) is 192 cm³/mol. The molecule has 238 valence electrons. The third kappa shape index (κ3) is 6.83. The van der Waals surface area contributed by atoms with E-state index in [4.69, 9.17) is 9.97 Å². The van der Waals surface area contributed by atoms with Crippen molar-refractivity contribution in [1.82, 2.24) is 38.7 Å². The van der Waals surface area contributed by atoms with E-state index in [2.05, 4.69) is 52.6 Å². The van der Waals surface area contributed by atoms with Crippen LogP contribution in [0.3, 0.4) is 0 Å². The molecule has 2 N–H and O–H groups in total. The van der Waals surface area contributed by atoms with Crippen molar-refractivity contribution in [3.8, 4) is 28.6 Å². The fourth-order valence-corrected chi connectivity index (χ4v) is 5.85. The van der Waals surface area contributed by atoms with Crippen LogP contribution in [0.4, 0.5) is 11.6 Å². The van der Waals surface area contributed by atoms with E-state index in [9.17, 15) is 5.26 Å². The van der Waals surface area contributed by atoms with Gasteiger partial charge in [-0.3, -0.25) is 18.8 Å². The maximum atomic E-state index is 9.63. The molecule has 8 aromatic rings. The second kappa shape index (κ2) is 14.5. The summed E-state index contributed by atoms with van der Waals surface area (Å²) in [6, 6.07) is 29.8. The van der Waals surface area contributed by atoms with Crippen molar-refractivity contribution in [2.24, 2.45) is 0 Å². The van der Waals surface area contributed by atoms with Crippen molar-refractivity contribution >= 4 is 38.9 Å². The van der Waals surface area contributed by atoms with Crippen LogP contribution in [0.15, 0.2) is 139 Å². The molecular formula is C37H28BrN11. The number of nitrogens with zero attached hydrogens (tertiary/aromatic N) is 9. The van der Waals surface area contributed by atoms with E-state index in [0.29, 0.717) is 35.9 Å².